The molecular formula is C32H38N4O3S. The van der Waals surface area contributed by atoms with E-state index >= 15 is 0 Å². The van der Waals surface area contributed by atoms with E-state index in [1.54, 1.807) is 17.4 Å². The molecule has 0 bridgehead atoms. The first kappa shape index (κ1) is 27.1. The fourth-order valence-electron chi connectivity index (χ4n) is 6.18. The van der Waals surface area contributed by atoms with E-state index in [0.29, 0.717) is 30.0 Å². The van der Waals surface area contributed by atoms with Gasteiger partial charge in [0.25, 0.3) is 11.8 Å². The molecule has 8 heteroatoms. The molecule has 1 aromatic heterocycles. The predicted molar refractivity (Wildman–Crippen MR) is 157 cm³/mol. The fraction of sp³-hybridized carbons (Fsp3) is 0.469. The maximum atomic E-state index is 13.9. The van der Waals surface area contributed by atoms with Crippen molar-refractivity contribution in [2.24, 2.45) is 0 Å². The molecule has 3 aromatic rings. The summed E-state index contributed by atoms with van der Waals surface area (Å²) in [7, 11) is 0. The summed E-state index contributed by atoms with van der Waals surface area (Å²) in [6.45, 7) is 3.55. The molecule has 210 valence electrons. The SMILES string of the molecule is Cc1csc([C@H]2CCCN2C(=O)c2cc(C(=O)N[C@@H](Cc3ccccc3)[C@@H](O)[C@H]3CCCN3)cc(C3CC3)c2)n1. The molecule has 1 aliphatic carbocycles. The molecule has 3 aliphatic rings. The molecule has 2 saturated heterocycles. The number of aliphatic hydroxyl groups excluding tert-OH is 1. The number of amides is 2. The first-order valence-corrected chi connectivity index (χ1v) is 15.5. The molecule has 3 fully saturated rings. The standard InChI is InChI=1S/C32H38N4O3S/c1-20-19-40-31(34-20)28-10-6-14-36(28)32(39)25-17-23(22-11-12-22)16-24(18-25)30(38)35-27(15-21-7-3-2-4-8-21)29(37)26-9-5-13-33-26/h2-4,7-8,16-19,22,26-29,33,37H,5-6,9-15H2,1H3,(H,35,38)/t26-,27+,28-,29+/m1/s1. The summed E-state index contributed by atoms with van der Waals surface area (Å²) >= 11 is 1.61. The molecule has 1 saturated carbocycles. The van der Waals surface area contributed by atoms with Gasteiger partial charge in [0, 0.05) is 34.8 Å². The molecule has 2 aliphatic heterocycles. The van der Waals surface area contributed by atoms with Crippen LogP contribution in [0.4, 0.5) is 0 Å². The molecule has 6 rings (SSSR count). The highest BCUT2D eigenvalue weighted by Gasteiger charge is 2.35. The van der Waals surface area contributed by atoms with Crippen molar-refractivity contribution >= 4 is 23.2 Å². The summed E-state index contributed by atoms with van der Waals surface area (Å²) in [5, 5.41) is 20.9. The third kappa shape index (κ3) is 5.99. The third-order valence-corrected chi connectivity index (χ3v) is 9.55. The van der Waals surface area contributed by atoms with Crippen LogP contribution in [0.2, 0.25) is 0 Å². The molecular weight excluding hydrogens is 520 g/mol. The number of hydrogen-bond acceptors (Lipinski definition) is 6. The minimum absolute atomic E-state index is 0.0163. The number of aromatic nitrogens is 1. The molecule has 7 nitrogen and oxygen atoms in total. The van der Waals surface area contributed by atoms with Crippen molar-refractivity contribution in [1.29, 1.82) is 0 Å². The summed E-state index contributed by atoms with van der Waals surface area (Å²) < 4.78 is 0. The zero-order valence-corrected chi connectivity index (χ0v) is 23.8. The van der Waals surface area contributed by atoms with Gasteiger partial charge in [-0.05, 0) is 93.7 Å². The number of hydrogen-bond donors (Lipinski definition) is 3. The highest BCUT2D eigenvalue weighted by atomic mass is 32.1. The molecule has 0 spiro atoms. The second-order valence-electron chi connectivity index (χ2n) is 11.6. The minimum Gasteiger partial charge on any atom is -0.389 e. The van der Waals surface area contributed by atoms with Gasteiger partial charge in [0.1, 0.15) is 5.01 Å². The van der Waals surface area contributed by atoms with Crippen molar-refractivity contribution in [3.8, 4) is 0 Å². The number of thiazole rings is 1. The van der Waals surface area contributed by atoms with Crippen LogP contribution in [-0.4, -0.2) is 58.1 Å². The van der Waals surface area contributed by atoms with E-state index < -0.39 is 12.1 Å². The third-order valence-electron chi connectivity index (χ3n) is 8.49. The maximum absolute atomic E-state index is 13.9. The van der Waals surface area contributed by atoms with Crippen LogP contribution in [0.15, 0.2) is 53.9 Å². The Bertz CT molecular complexity index is 1350. The van der Waals surface area contributed by atoms with Crippen molar-refractivity contribution in [2.45, 2.75) is 82.0 Å². The highest BCUT2D eigenvalue weighted by molar-refractivity contribution is 7.09. The lowest BCUT2D eigenvalue weighted by molar-refractivity contribution is 0.0733. The Morgan fingerprint density at radius 1 is 1.10 bits per heavy atom. The Morgan fingerprint density at radius 3 is 2.60 bits per heavy atom. The van der Waals surface area contributed by atoms with E-state index in [0.717, 1.165) is 66.9 Å². The number of nitrogens with zero attached hydrogens (tertiary/aromatic N) is 2. The number of aryl methyl sites for hydroxylation is 1. The number of benzene rings is 2. The summed E-state index contributed by atoms with van der Waals surface area (Å²) in [5.74, 6) is 0.106. The lowest BCUT2D eigenvalue weighted by atomic mass is 9.94. The van der Waals surface area contributed by atoms with E-state index in [2.05, 4.69) is 15.6 Å². The average Bonchev–Trinajstić information content (AvgIpc) is 3.32. The predicted octanol–water partition coefficient (Wildman–Crippen LogP) is 4.76. The number of aliphatic hydroxyl groups is 1. The first-order chi connectivity index (χ1) is 19.5. The minimum atomic E-state index is -0.716. The average molecular weight is 559 g/mol. The van der Waals surface area contributed by atoms with Gasteiger partial charge in [-0.2, -0.15) is 0 Å². The Morgan fingerprint density at radius 2 is 1.90 bits per heavy atom. The van der Waals surface area contributed by atoms with Crippen molar-refractivity contribution in [3.63, 3.8) is 0 Å². The van der Waals surface area contributed by atoms with Crippen LogP contribution in [0.25, 0.3) is 0 Å². The van der Waals surface area contributed by atoms with Gasteiger partial charge in [-0.3, -0.25) is 9.59 Å². The zero-order valence-electron chi connectivity index (χ0n) is 23.0. The van der Waals surface area contributed by atoms with Crippen molar-refractivity contribution in [2.75, 3.05) is 13.1 Å². The van der Waals surface area contributed by atoms with Gasteiger partial charge in [-0.1, -0.05) is 30.3 Å². The number of carbonyl (C=O) groups is 2. The number of nitrogens with one attached hydrogen (secondary N) is 2. The molecule has 4 atom stereocenters. The van der Waals surface area contributed by atoms with Gasteiger partial charge in [0.15, 0.2) is 0 Å². The van der Waals surface area contributed by atoms with Crippen molar-refractivity contribution in [3.05, 3.63) is 86.9 Å². The molecule has 0 unspecified atom stereocenters. The van der Waals surface area contributed by atoms with Crippen LogP contribution >= 0.6 is 11.3 Å². The van der Waals surface area contributed by atoms with E-state index in [1.807, 2.05) is 59.7 Å². The first-order valence-electron chi connectivity index (χ1n) is 14.6. The lowest BCUT2D eigenvalue weighted by Gasteiger charge is -2.29. The van der Waals surface area contributed by atoms with E-state index in [-0.39, 0.29) is 23.9 Å². The fourth-order valence-corrected chi connectivity index (χ4v) is 7.12. The van der Waals surface area contributed by atoms with Gasteiger partial charge in [0.2, 0.25) is 0 Å². The number of likely N-dealkylation sites (tertiary alicyclic amines) is 1. The summed E-state index contributed by atoms with van der Waals surface area (Å²) in [6.07, 6.45) is 5.71. The Kier molecular flexibility index (Phi) is 8.01. The summed E-state index contributed by atoms with van der Waals surface area (Å²) in [4.78, 5) is 34.2. The van der Waals surface area contributed by atoms with Crippen molar-refractivity contribution < 1.29 is 14.7 Å². The van der Waals surface area contributed by atoms with E-state index in [1.165, 1.54) is 0 Å². The lowest BCUT2D eigenvalue weighted by Crippen LogP contribution is -2.52. The van der Waals surface area contributed by atoms with Crippen LogP contribution in [0, 0.1) is 6.92 Å². The zero-order chi connectivity index (χ0) is 27.6. The topological polar surface area (TPSA) is 94.6 Å². The van der Waals surface area contributed by atoms with Gasteiger partial charge < -0.3 is 20.6 Å². The maximum Gasteiger partial charge on any atom is 0.254 e. The molecule has 2 aromatic carbocycles. The molecule has 3 N–H and O–H groups in total. The molecule has 3 heterocycles. The molecule has 0 radical (unpaired) electrons. The van der Waals surface area contributed by atoms with E-state index in [4.69, 9.17) is 0 Å². The van der Waals surface area contributed by atoms with Crippen LogP contribution < -0.4 is 10.6 Å². The van der Waals surface area contributed by atoms with Crippen LogP contribution in [0.3, 0.4) is 0 Å². The van der Waals surface area contributed by atoms with Crippen molar-refractivity contribution in [1.82, 2.24) is 20.5 Å². The quantitative estimate of drug-likeness (QED) is 0.352. The second kappa shape index (κ2) is 11.8. The molecule has 2 amide bonds. The van der Waals surface area contributed by atoms with Gasteiger partial charge >= 0.3 is 0 Å². The van der Waals surface area contributed by atoms with Gasteiger partial charge in [-0.15, -0.1) is 11.3 Å². The van der Waals surface area contributed by atoms with Crippen LogP contribution in [0.5, 0.6) is 0 Å². The normalized spacial score (nSPS) is 22.3. The summed E-state index contributed by atoms with van der Waals surface area (Å²) in [5.41, 5.74) is 4.14. The summed E-state index contributed by atoms with van der Waals surface area (Å²) in [6, 6.07) is 15.1. The Hall–Kier alpha value is -3.07. The van der Waals surface area contributed by atoms with Gasteiger partial charge in [-0.25, -0.2) is 4.98 Å². The Balaban J connectivity index is 1.26. The van der Waals surface area contributed by atoms with E-state index in [9.17, 15) is 14.7 Å². The number of rotatable bonds is 9. The van der Waals surface area contributed by atoms with Gasteiger partial charge in [0.05, 0.1) is 18.2 Å². The highest BCUT2D eigenvalue weighted by Crippen LogP contribution is 2.41. The number of carbonyl (C=O) groups excluding carboxylic acids is 2. The van der Waals surface area contributed by atoms with Crippen LogP contribution in [-0.2, 0) is 6.42 Å². The van der Waals surface area contributed by atoms with Crippen LogP contribution in [0.1, 0.15) is 93.0 Å². The second-order valence-corrected chi connectivity index (χ2v) is 12.5. The largest absolute Gasteiger partial charge is 0.389 e. The molecule has 40 heavy (non-hydrogen) atoms. The Labute approximate surface area is 240 Å². The smallest absolute Gasteiger partial charge is 0.254 e. The monoisotopic (exact) mass is 558 g/mol.